The maximum Gasteiger partial charge on any atom is 0.416 e. The Morgan fingerprint density at radius 1 is 0.929 bits per heavy atom. The van der Waals surface area contributed by atoms with Gasteiger partial charge in [-0.1, -0.05) is 73.4 Å². The van der Waals surface area contributed by atoms with Crippen LogP contribution in [0.4, 0.5) is 18.9 Å². The fourth-order valence-electron chi connectivity index (χ4n) is 4.21. The molecule has 3 aromatic rings. The number of nitrogens with zero attached hydrogens (tertiary/aromatic N) is 2. The average molecular weight is 645 g/mol. The summed E-state index contributed by atoms with van der Waals surface area (Å²) in [4.78, 5) is 28.1. The van der Waals surface area contributed by atoms with E-state index >= 15 is 0 Å². The summed E-state index contributed by atoms with van der Waals surface area (Å²) in [6.07, 6.45) is -4.01. The average Bonchev–Trinajstić information content (AvgIpc) is 2.95. The zero-order chi connectivity index (χ0) is 31.1. The summed E-state index contributed by atoms with van der Waals surface area (Å²) in [5, 5.41) is 2.74. The number of nitrogens with one attached hydrogen (secondary N) is 1. The number of amides is 2. The highest BCUT2D eigenvalue weighted by Crippen LogP contribution is 2.37. The van der Waals surface area contributed by atoms with Gasteiger partial charge in [-0.05, 0) is 54.8 Å². The number of hydrogen-bond acceptors (Lipinski definition) is 4. The Labute approximate surface area is 253 Å². The van der Waals surface area contributed by atoms with E-state index in [1.807, 2.05) is 6.92 Å². The van der Waals surface area contributed by atoms with Crippen molar-refractivity contribution in [3.63, 3.8) is 0 Å². The lowest BCUT2D eigenvalue weighted by Crippen LogP contribution is -2.52. The van der Waals surface area contributed by atoms with Crippen LogP contribution in [0.5, 0.6) is 0 Å². The zero-order valence-corrected chi connectivity index (χ0v) is 25.2. The molecule has 1 N–H and O–H groups in total. The smallest absolute Gasteiger partial charge is 0.354 e. The van der Waals surface area contributed by atoms with Gasteiger partial charge in [-0.25, -0.2) is 8.42 Å². The highest BCUT2D eigenvalue weighted by Gasteiger charge is 2.37. The van der Waals surface area contributed by atoms with Gasteiger partial charge in [0, 0.05) is 18.1 Å². The number of anilines is 1. The molecule has 0 heterocycles. The largest absolute Gasteiger partial charge is 0.416 e. The summed E-state index contributed by atoms with van der Waals surface area (Å²) < 4.78 is 69.2. The summed E-state index contributed by atoms with van der Waals surface area (Å²) in [6.45, 7) is 2.79. The molecule has 0 radical (unpaired) electrons. The van der Waals surface area contributed by atoms with Crippen LogP contribution in [-0.2, 0) is 32.3 Å². The standard InChI is InChI=1S/C29H30Cl2F3N3O4S/c1-3-16-35-28(39)25(4-2)36(18-20-10-8-9-13-23(20)30)27(38)19-37(42(40,41)22-11-6-5-7-12-22)26-17-21(29(32,33)34)14-15-24(26)31/h5-15,17,25H,3-4,16,18-19H2,1-2H3,(H,35,39). The first-order valence-corrected chi connectivity index (χ1v) is 15.3. The maximum absolute atomic E-state index is 14.0. The van der Waals surface area contributed by atoms with E-state index in [1.165, 1.54) is 29.2 Å². The fourth-order valence-corrected chi connectivity index (χ4v) is 6.12. The third-order valence-corrected chi connectivity index (χ3v) is 8.85. The van der Waals surface area contributed by atoms with Gasteiger partial charge >= 0.3 is 6.18 Å². The fraction of sp³-hybridized carbons (Fsp3) is 0.310. The molecule has 0 saturated carbocycles. The van der Waals surface area contributed by atoms with Gasteiger partial charge in [0.25, 0.3) is 10.0 Å². The van der Waals surface area contributed by atoms with E-state index in [2.05, 4.69) is 5.32 Å². The second-order valence-electron chi connectivity index (χ2n) is 9.32. The van der Waals surface area contributed by atoms with Crippen LogP contribution < -0.4 is 9.62 Å². The third kappa shape index (κ3) is 7.96. The monoisotopic (exact) mass is 643 g/mol. The van der Waals surface area contributed by atoms with Crippen molar-refractivity contribution in [3.05, 3.63) is 94.0 Å². The van der Waals surface area contributed by atoms with Crippen LogP contribution in [0.1, 0.15) is 37.8 Å². The minimum Gasteiger partial charge on any atom is -0.354 e. The van der Waals surface area contributed by atoms with E-state index in [0.717, 1.165) is 12.1 Å². The predicted molar refractivity (Wildman–Crippen MR) is 157 cm³/mol. The SMILES string of the molecule is CCCNC(=O)C(CC)N(Cc1ccccc1Cl)C(=O)CN(c1cc(C(F)(F)F)ccc1Cl)S(=O)(=O)c1ccccc1. The van der Waals surface area contributed by atoms with E-state index in [9.17, 15) is 31.2 Å². The van der Waals surface area contributed by atoms with Gasteiger partial charge in [0.05, 0.1) is 21.2 Å². The minimum absolute atomic E-state index is 0.161. The lowest BCUT2D eigenvalue weighted by atomic mass is 10.1. The number of sulfonamides is 1. The highest BCUT2D eigenvalue weighted by atomic mass is 35.5. The summed E-state index contributed by atoms with van der Waals surface area (Å²) >= 11 is 12.6. The molecule has 226 valence electrons. The van der Waals surface area contributed by atoms with Crippen LogP contribution in [0, 0.1) is 0 Å². The number of halogens is 5. The van der Waals surface area contributed by atoms with Crippen molar-refractivity contribution in [1.82, 2.24) is 10.2 Å². The van der Waals surface area contributed by atoms with Crippen molar-refractivity contribution in [2.75, 3.05) is 17.4 Å². The van der Waals surface area contributed by atoms with Gasteiger partial charge < -0.3 is 10.2 Å². The molecule has 0 aliphatic heterocycles. The predicted octanol–water partition coefficient (Wildman–Crippen LogP) is 6.54. The van der Waals surface area contributed by atoms with E-state index in [-0.39, 0.29) is 22.9 Å². The van der Waals surface area contributed by atoms with Gasteiger partial charge in [-0.15, -0.1) is 0 Å². The quantitative estimate of drug-likeness (QED) is 0.243. The molecule has 0 fully saturated rings. The van der Waals surface area contributed by atoms with E-state index in [1.54, 1.807) is 37.3 Å². The number of hydrogen-bond donors (Lipinski definition) is 1. The molecule has 2 amide bonds. The second kappa shape index (κ2) is 14.3. The first kappa shape index (κ1) is 33.2. The first-order chi connectivity index (χ1) is 19.8. The van der Waals surface area contributed by atoms with Crippen molar-refractivity contribution in [2.45, 2.75) is 50.3 Å². The number of rotatable bonds is 12. The number of benzene rings is 3. The molecule has 42 heavy (non-hydrogen) atoms. The summed E-state index contributed by atoms with van der Waals surface area (Å²) in [5.41, 5.74) is -1.20. The van der Waals surface area contributed by atoms with Crippen molar-refractivity contribution in [3.8, 4) is 0 Å². The maximum atomic E-state index is 14.0. The topological polar surface area (TPSA) is 86.8 Å². The highest BCUT2D eigenvalue weighted by molar-refractivity contribution is 7.92. The van der Waals surface area contributed by atoms with E-state index in [0.29, 0.717) is 33.9 Å². The van der Waals surface area contributed by atoms with E-state index < -0.39 is 51.9 Å². The summed E-state index contributed by atoms with van der Waals surface area (Å²) in [7, 11) is -4.61. The second-order valence-corrected chi connectivity index (χ2v) is 12.0. The normalized spacial score (nSPS) is 12.5. The number of carbonyl (C=O) groups is 2. The summed E-state index contributed by atoms with van der Waals surface area (Å²) in [6, 6.07) is 14.8. The van der Waals surface area contributed by atoms with Gasteiger partial charge in [0.1, 0.15) is 12.6 Å². The Balaban J connectivity index is 2.16. The Bertz CT molecular complexity index is 1510. The van der Waals surface area contributed by atoms with E-state index in [4.69, 9.17) is 23.2 Å². The molecule has 3 rings (SSSR count). The molecule has 1 atom stereocenters. The van der Waals surface area contributed by atoms with Gasteiger partial charge in [-0.2, -0.15) is 13.2 Å². The molecule has 3 aromatic carbocycles. The molecule has 0 aromatic heterocycles. The van der Waals surface area contributed by atoms with Gasteiger partial charge in [0.2, 0.25) is 11.8 Å². The molecule has 7 nitrogen and oxygen atoms in total. The van der Waals surface area contributed by atoms with Crippen molar-refractivity contribution in [2.24, 2.45) is 0 Å². The van der Waals surface area contributed by atoms with Crippen LogP contribution in [0.15, 0.2) is 77.7 Å². The van der Waals surface area contributed by atoms with Crippen molar-refractivity contribution >= 4 is 50.7 Å². The molecule has 0 spiro atoms. The number of alkyl halides is 3. The van der Waals surface area contributed by atoms with Crippen LogP contribution in [0.2, 0.25) is 10.0 Å². The minimum atomic E-state index is -4.81. The van der Waals surface area contributed by atoms with Crippen LogP contribution in [-0.4, -0.2) is 44.3 Å². The molecule has 0 saturated heterocycles. The Kier molecular flexibility index (Phi) is 11.3. The third-order valence-electron chi connectivity index (χ3n) is 6.39. The Morgan fingerprint density at radius 3 is 2.17 bits per heavy atom. The van der Waals surface area contributed by atoms with Crippen molar-refractivity contribution in [1.29, 1.82) is 0 Å². The van der Waals surface area contributed by atoms with Gasteiger partial charge in [0.15, 0.2) is 0 Å². The lowest BCUT2D eigenvalue weighted by Gasteiger charge is -2.33. The molecular formula is C29H30Cl2F3N3O4S. The van der Waals surface area contributed by atoms with Crippen LogP contribution in [0.3, 0.4) is 0 Å². The first-order valence-electron chi connectivity index (χ1n) is 13.1. The number of carbonyl (C=O) groups excluding carboxylic acids is 2. The summed E-state index contributed by atoms with van der Waals surface area (Å²) in [5.74, 6) is -1.31. The zero-order valence-electron chi connectivity index (χ0n) is 22.9. The van der Waals surface area contributed by atoms with Crippen LogP contribution in [0.25, 0.3) is 0 Å². The molecule has 0 aliphatic rings. The molecule has 0 bridgehead atoms. The lowest BCUT2D eigenvalue weighted by molar-refractivity contribution is -0.140. The molecule has 1 unspecified atom stereocenters. The molecule has 0 aliphatic carbocycles. The van der Waals surface area contributed by atoms with Gasteiger partial charge in [-0.3, -0.25) is 13.9 Å². The molecule has 13 heteroatoms. The molecular weight excluding hydrogens is 614 g/mol. The van der Waals surface area contributed by atoms with Crippen molar-refractivity contribution < 1.29 is 31.2 Å². The Hall–Kier alpha value is -3.28. The Morgan fingerprint density at radius 2 is 1.57 bits per heavy atom. The van der Waals surface area contributed by atoms with Crippen LogP contribution >= 0.6 is 23.2 Å².